The van der Waals surface area contributed by atoms with Crippen molar-refractivity contribution in [2.45, 2.75) is 6.92 Å². The Balaban J connectivity index is 2.10. The molecule has 0 bridgehead atoms. The van der Waals surface area contributed by atoms with E-state index in [0.29, 0.717) is 0 Å². The van der Waals surface area contributed by atoms with E-state index in [9.17, 15) is 9.59 Å². The van der Waals surface area contributed by atoms with Gasteiger partial charge < -0.3 is 4.57 Å². The lowest BCUT2D eigenvalue weighted by atomic mass is 10.2. The Labute approximate surface area is 114 Å². The predicted molar refractivity (Wildman–Crippen MR) is 75.8 cm³/mol. The molecule has 19 heavy (non-hydrogen) atoms. The molecule has 98 valence electrons. The van der Waals surface area contributed by atoms with Crippen molar-refractivity contribution >= 4 is 23.5 Å². The summed E-state index contributed by atoms with van der Waals surface area (Å²) in [6.07, 6.45) is 3.17. The lowest BCUT2D eigenvalue weighted by Gasteiger charge is -2.01. The fraction of sp³-hybridized carbons (Fsp3) is 0.154. The van der Waals surface area contributed by atoms with Crippen LogP contribution in [0.4, 0.5) is 0 Å². The number of carbonyl (C=O) groups is 1. The van der Waals surface area contributed by atoms with Gasteiger partial charge in [-0.15, -0.1) is 11.3 Å². The van der Waals surface area contributed by atoms with Gasteiger partial charge in [-0.2, -0.15) is 5.10 Å². The summed E-state index contributed by atoms with van der Waals surface area (Å²) in [7, 11) is 1.59. The van der Waals surface area contributed by atoms with E-state index < -0.39 is 5.91 Å². The van der Waals surface area contributed by atoms with Crippen molar-refractivity contribution in [1.29, 1.82) is 0 Å². The third kappa shape index (κ3) is 2.97. The first-order valence-electron chi connectivity index (χ1n) is 5.62. The van der Waals surface area contributed by atoms with Crippen molar-refractivity contribution in [3.63, 3.8) is 0 Å². The number of hydrogen-bond acceptors (Lipinski definition) is 4. The lowest BCUT2D eigenvalue weighted by molar-refractivity contribution is 0.0953. The molecule has 0 saturated carbocycles. The fourth-order valence-electron chi connectivity index (χ4n) is 1.50. The van der Waals surface area contributed by atoms with E-state index in [1.165, 1.54) is 22.0 Å². The highest BCUT2D eigenvalue weighted by molar-refractivity contribution is 7.11. The van der Waals surface area contributed by atoms with Gasteiger partial charge in [-0.3, -0.25) is 9.59 Å². The van der Waals surface area contributed by atoms with Crippen LogP contribution in [0, 0.1) is 6.92 Å². The normalized spacial score (nSPS) is 10.8. The minimum atomic E-state index is -0.508. The Bertz CT molecular complexity index is 685. The van der Waals surface area contributed by atoms with Gasteiger partial charge >= 0.3 is 0 Å². The molecule has 2 aromatic rings. The maximum atomic E-state index is 11.8. The third-order valence-corrected chi connectivity index (χ3v) is 3.57. The summed E-state index contributed by atoms with van der Waals surface area (Å²) in [6, 6.07) is 5.09. The van der Waals surface area contributed by atoms with Gasteiger partial charge in [-0.05, 0) is 36.1 Å². The number of nitrogens with one attached hydrogen (secondary N) is 1. The van der Waals surface area contributed by atoms with Gasteiger partial charge in [-0.1, -0.05) is 0 Å². The summed E-state index contributed by atoms with van der Waals surface area (Å²) in [5.74, 6) is -0.508. The van der Waals surface area contributed by atoms with Crippen molar-refractivity contribution in [2.75, 3.05) is 0 Å². The van der Waals surface area contributed by atoms with Crippen LogP contribution in [0.15, 0.2) is 39.7 Å². The highest BCUT2D eigenvalue weighted by Gasteiger charge is 2.09. The zero-order valence-electron chi connectivity index (χ0n) is 10.6. The minimum absolute atomic E-state index is 0.0741. The zero-order chi connectivity index (χ0) is 13.8. The molecule has 1 N–H and O–H groups in total. The quantitative estimate of drug-likeness (QED) is 0.682. The molecule has 2 heterocycles. The van der Waals surface area contributed by atoms with Gasteiger partial charge in [0.1, 0.15) is 5.56 Å². The van der Waals surface area contributed by atoms with Crippen LogP contribution in [0.3, 0.4) is 0 Å². The first-order valence-corrected chi connectivity index (χ1v) is 6.50. The molecule has 0 unspecified atom stereocenters. The van der Waals surface area contributed by atoms with Gasteiger partial charge in [0.05, 0.1) is 6.21 Å². The average molecular weight is 275 g/mol. The Morgan fingerprint density at radius 1 is 1.47 bits per heavy atom. The number of pyridine rings is 1. The van der Waals surface area contributed by atoms with E-state index in [4.69, 9.17) is 0 Å². The molecule has 0 atom stereocenters. The van der Waals surface area contributed by atoms with Crippen molar-refractivity contribution in [1.82, 2.24) is 9.99 Å². The van der Waals surface area contributed by atoms with Crippen LogP contribution in [0.5, 0.6) is 0 Å². The summed E-state index contributed by atoms with van der Waals surface area (Å²) in [6.45, 7) is 1.96. The van der Waals surface area contributed by atoms with Crippen LogP contribution >= 0.6 is 11.3 Å². The van der Waals surface area contributed by atoms with E-state index in [1.54, 1.807) is 25.5 Å². The molecule has 2 aromatic heterocycles. The summed E-state index contributed by atoms with van der Waals surface area (Å²) in [4.78, 5) is 24.5. The number of hydrazone groups is 1. The Kier molecular flexibility index (Phi) is 3.91. The molecule has 0 aliphatic carbocycles. The summed E-state index contributed by atoms with van der Waals surface area (Å²) in [5.41, 5.74) is 3.18. The second-order valence-corrected chi connectivity index (χ2v) is 4.95. The summed E-state index contributed by atoms with van der Waals surface area (Å²) in [5, 5.41) is 5.81. The lowest BCUT2D eigenvalue weighted by Crippen LogP contribution is -2.29. The van der Waals surface area contributed by atoms with E-state index in [-0.39, 0.29) is 11.1 Å². The number of nitrogens with zero attached hydrogens (tertiary/aromatic N) is 2. The highest BCUT2D eigenvalue weighted by Crippen LogP contribution is 2.12. The molecule has 0 aliphatic rings. The number of aromatic nitrogens is 1. The molecular formula is C13H13N3O2S. The van der Waals surface area contributed by atoms with Crippen LogP contribution < -0.4 is 11.0 Å². The summed E-state index contributed by atoms with van der Waals surface area (Å²) >= 11 is 1.54. The SMILES string of the molecule is Cc1ccsc1/C=N\NC(=O)c1cccn(C)c1=O. The van der Waals surface area contributed by atoms with Gasteiger partial charge in [0.2, 0.25) is 0 Å². The Hall–Kier alpha value is -2.21. The van der Waals surface area contributed by atoms with Crippen LogP contribution in [0.2, 0.25) is 0 Å². The van der Waals surface area contributed by atoms with Gasteiger partial charge in [0.25, 0.3) is 11.5 Å². The molecule has 0 aliphatic heterocycles. The zero-order valence-corrected chi connectivity index (χ0v) is 11.4. The van der Waals surface area contributed by atoms with Crippen molar-refractivity contribution in [2.24, 2.45) is 12.1 Å². The molecule has 0 aromatic carbocycles. The summed E-state index contributed by atoms with van der Waals surface area (Å²) < 4.78 is 1.35. The average Bonchev–Trinajstić information content (AvgIpc) is 2.78. The molecule has 2 rings (SSSR count). The fourth-order valence-corrected chi connectivity index (χ4v) is 2.28. The number of aryl methyl sites for hydroxylation is 2. The number of carbonyl (C=O) groups excluding carboxylic acids is 1. The maximum absolute atomic E-state index is 11.8. The van der Waals surface area contributed by atoms with Crippen LogP contribution in [0.25, 0.3) is 0 Å². The van der Waals surface area contributed by atoms with Crippen molar-refractivity contribution < 1.29 is 4.79 Å². The first kappa shape index (κ1) is 13.2. The molecule has 6 heteroatoms. The monoisotopic (exact) mass is 275 g/mol. The van der Waals surface area contributed by atoms with Gasteiger partial charge in [0, 0.05) is 18.1 Å². The van der Waals surface area contributed by atoms with Crippen molar-refractivity contribution in [3.8, 4) is 0 Å². The largest absolute Gasteiger partial charge is 0.318 e. The van der Waals surface area contributed by atoms with Gasteiger partial charge in [-0.25, -0.2) is 5.43 Å². The Morgan fingerprint density at radius 2 is 2.26 bits per heavy atom. The number of amides is 1. The second kappa shape index (κ2) is 5.62. The highest BCUT2D eigenvalue weighted by atomic mass is 32.1. The Morgan fingerprint density at radius 3 is 2.95 bits per heavy atom. The molecule has 5 nitrogen and oxygen atoms in total. The first-order chi connectivity index (χ1) is 9.09. The molecule has 0 radical (unpaired) electrons. The molecule has 1 amide bonds. The molecular weight excluding hydrogens is 262 g/mol. The maximum Gasteiger partial charge on any atom is 0.276 e. The number of thiophene rings is 1. The van der Waals surface area contributed by atoms with E-state index >= 15 is 0 Å². The van der Waals surface area contributed by atoms with E-state index in [2.05, 4.69) is 10.5 Å². The smallest absolute Gasteiger partial charge is 0.276 e. The molecule has 0 fully saturated rings. The van der Waals surface area contributed by atoms with E-state index in [0.717, 1.165) is 10.4 Å². The van der Waals surface area contributed by atoms with Crippen LogP contribution in [0.1, 0.15) is 20.8 Å². The molecule has 0 spiro atoms. The minimum Gasteiger partial charge on any atom is -0.318 e. The number of rotatable bonds is 3. The standard InChI is InChI=1S/C13H13N3O2S/c1-9-5-7-19-11(9)8-14-15-12(17)10-4-3-6-16(2)13(10)18/h3-8H,1-2H3,(H,15,17)/b14-8-. The second-order valence-electron chi connectivity index (χ2n) is 4.00. The predicted octanol–water partition coefficient (Wildman–Crippen LogP) is 1.52. The number of hydrogen-bond donors (Lipinski definition) is 1. The topological polar surface area (TPSA) is 63.5 Å². The van der Waals surface area contributed by atoms with Crippen LogP contribution in [-0.4, -0.2) is 16.7 Å². The van der Waals surface area contributed by atoms with Crippen LogP contribution in [-0.2, 0) is 7.05 Å². The third-order valence-electron chi connectivity index (χ3n) is 2.62. The van der Waals surface area contributed by atoms with Gasteiger partial charge in [0.15, 0.2) is 0 Å². The van der Waals surface area contributed by atoms with E-state index in [1.807, 2.05) is 18.4 Å². The molecule has 0 saturated heterocycles. The van der Waals surface area contributed by atoms with Crippen molar-refractivity contribution in [3.05, 3.63) is 56.1 Å².